The molecule has 1 aliphatic rings. The van der Waals surface area contributed by atoms with E-state index in [-0.39, 0.29) is 17.1 Å². The smallest absolute Gasteiger partial charge is 0.287 e. The Bertz CT molecular complexity index is 797. The predicted octanol–water partition coefficient (Wildman–Crippen LogP) is 2.51. The van der Waals surface area contributed by atoms with Gasteiger partial charge in [0.25, 0.3) is 5.91 Å². The fourth-order valence-corrected chi connectivity index (χ4v) is 3.10. The summed E-state index contributed by atoms with van der Waals surface area (Å²) in [6.45, 7) is 6.24. The first-order chi connectivity index (χ1) is 11.5. The van der Waals surface area contributed by atoms with E-state index >= 15 is 0 Å². The number of rotatable bonds is 4. The minimum absolute atomic E-state index is 0.0773. The molecule has 0 saturated carbocycles. The summed E-state index contributed by atoms with van der Waals surface area (Å²) in [5.74, 6) is 0.587. The first-order valence-corrected chi connectivity index (χ1v) is 8.23. The van der Waals surface area contributed by atoms with Crippen LogP contribution >= 0.6 is 0 Å². The molecule has 2 heterocycles. The highest BCUT2D eigenvalue weighted by atomic mass is 16.3. The molecule has 1 aromatic heterocycles. The van der Waals surface area contributed by atoms with Crippen molar-refractivity contribution in [2.24, 2.45) is 5.92 Å². The van der Waals surface area contributed by atoms with Crippen LogP contribution in [-0.4, -0.2) is 25.5 Å². The average molecular weight is 326 g/mol. The zero-order valence-electron chi connectivity index (χ0n) is 14.0. The number of nitrogens with zero attached hydrogens (tertiary/aromatic N) is 1. The van der Waals surface area contributed by atoms with Gasteiger partial charge in [-0.2, -0.15) is 0 Å². The summed E-state index contributed by atoms with van der Waals surface area (Å²) in [5, 5.41) is 2.88. The Labute approximate surface area is 141 Å². The molecule has 1 amide bonds. The standard InChI is InChI=1S/C19H22N2O3/c1-13-4-3-5-16(8-13)21-7-6-15(12-21)11-20-19(23)18-10-17(22)9-14(2)24-18/h3-5,8-10,15H,6-7,11-12H2,1-2H3,(H,20,23)/t15-/m0/s1. The van der Waals surface area contributed by atoms with Gasteiger partial charge in [-0.1, -0.05) is 12.1 Å². The van der Waals surface area contributed by atoms with Crippen LogP contribution in [0.2, 0.25) is 0 Å². The van der Waals surface area contributed by atoms with Crippen molar-refractivity contribution in [2.45, 2.75) is 20.3 Å². The highest BCUT2D eigenvalue weighted by Gasteiger charge is 2.23. The molecule has 2 aromatic rings. The van der Waals surface area contributed by atoms with Crippen LogP contribution < -0.4 is 15.6 Å². The summed E-state index contributed by atoms with van der Waals surface area (Å²) >= 11 is 0. The van der Waals surface area contributed by atoms with E-state index in [2.05, 4.69) is 41.4 Å². The van der Waals surface area contributed by atoms with Crippen LogP contribution in [0.4, 0.5) is 5.69 Å². The van der Waals surface area contributed by atoms with E-state index in [1.807, 2.05) is 0 Å². The lowest BCUT2D eigenvalue weighted by molar-refractivity contribution is 0.0916. The number of hydrogen-bond acceptors (Lipinski definition) is 4. The van der Waals surface area contributed by atoms with Gasteiger partial charge in [0.1, 0.15) is 5.76 Å². The zero-order chi connectivity index (χ0) is 17.1. The molecular weight excluding hydrogens is 304 g/mol. The molecular formula is C19H22N2O3. The van der Waals surface area contributed by atoms with Crippen LogP contribution in [0.3, 0.4) is 0 Å². The van der Waals surface area contributed by atoms with Gasteiger partial charge < -0.3 is 14.6 Å². The van der Waals surface area contributed by atoms with Crippen molar-refractivity contribution >= 4 is 11.6 Å². The van der Waals surface area contributed by atoms with Crippen LogP contribution in [0, 0.1) is 19.8 Å². The van der Waals surface area contributed by atoms with E-state index < -0.39 is 0 Å². The third-order valence-electron chi connectivity index (χ3n) is 4.32. The second-order valence-corrected chi connectivity index (χ2v) is 6.42. The Hall–Kier alpha value is -2.56. The summed E-state index contributed by atoms with van der Waals surface area (Å²) in [6.07, 6.45) is 1.03. The number of amides is 1. The summed E-state index contributed by atoms with van der Waals surface area (Å²) in [6, 6.07) is 11.1. The van der Waals surface area contributed by atoms with Crippen LogP contribution in [0.5, 0.6) is 0 Å². The van der Waals surface area contributed by atoms with E-state index in [0.717, 1.165) is 19.5 Å². The van der Waals surface area contributed by atoms with Crippen molar-refractivity contribution in [3.8, 4) is 0 Å². The summed E-state index contributed by atoms with van der Waals surface area (Å²) in [5.41, 5.74) is 2.27. The minimum Gasteiger partial charge on any atom is -0.456 e. The molecule has 1 saturated heterocycles. The van der Waals surface area contributed by atoms with Crippen LogP contribution in [0.25, 0.3) is 0 Å². The molecule has 1 atom stereocenters. The van der Waals surface area contributed by atoms with Gasteiger partial charge in [-0.25, -0.2) is 0 Å². The predicted molar refractivity (Wildman–Crippen MR) is 93.5 cm³/mol. The second kappa shape index (κ2) is 6.91. The monoisotopic (exact) mass is 326 g/mol. The number of hydrogen-bond donors (Lipinski definition) is 1. The van der Waals surface area contributed by atoms with Gasteiger partial charge >= 0.3 is 0 Å². The topological polar surface area (TPSA) is 62.6 Å². The Morgan fingerprint density at radius 3 is 2.88 bits per heavy atom. The first-order valence-electron chi connectivity index (χ1n) is 8.23. The molecule has 126 valence electrons. The highest BCUT2D eigenvalue weighted by Crippen LogP contribution is 2.24. The number of carbonyl (C=O) groups excluding carboxylic acids is 1. The molecule has 3 rings (SSSR count). The molecule has 24 heavy (non-hydrogen) atoms. The quantitative estimate of drug-likeness (QED) is 0.938. The van der Waals surface area contributed by atoms with Gasteiger partial charge in [0.15, 0.2) is 11.2 Å². The molecule has 1 N–H and O–H groups in total. The van der Waals surface area contributed by atoms with Gasteiger partial charge in [0.2, 0.25) is 0 Å². The molecule has 1 aliphatic heterocycles. The maximum absolute atomic E-state index is 12.1. The fraction of sp³-hybridized carbons (Fsp3) is 0.368. The number of benzene rings is 1. The number of anilines is 1. The van der Waals surface area contributed by atoms with Crippen molar-refractivity contribution in [3.05, 3.63) is 63.7 Å². The van der Waals surface area contributed by atoms with Crippen LogP contribution in [0.15, 0.2) is 45.6 Å². The van der Waals surface area contributed by atoms with Gasteiger partial charge in [-0.15, -0.1) is 0 Å². The molecule has 0 unspecified atom stereocenters. The Balaban J connectivity index is 1.56. The van der Waals surface area contributed by atoms with E-state index in [4.69, 9.17) is 4.42 Å². The van der Waals surface area contributed by atoms with E-state index in [1.54, 1.807) is 6.92 Å². The van der Waals surface area contributed by atoms with E-state index in [1.165, 1.54) is 23.4 Å². The fourth-order valence-electron chi connectivity index (χ4n) is 3.10. The van der Waals surface area contributed by atoms with Gasteiger partial charge in [0, 0.05) is 37.5 Å². The molecule has 0 radical (unpaired) electrons. The van der Waals surface area contributed by atoms with E-state index in [0.29, 0.717) is 18.2 Å². The van der Waals surface area contributed by atoms with Crippen LogP contribution in [-0.2, 0) is 0 Å². The lowest BCUT2D eigenvalue weighted by Crippen LogP contribution is -2.31. The first kappa shape index (κ1) is 16.3. The molecule has 0 spiro atoms. The van der Waals surface area contributed by atoms with Gasteiger partial charge in [0.05, 0.1) is 0 Å². The molecule has 0 bridgehead atoms. The van der Waals surface area contributed by atoms with Crippen molar-refractivity contribution in [1.29, 1.82) is 0 Å². The normalized spacial score (nSPS) is 17.1. The lowest BCUT2D eigenvalue weighted by atomic mass is 10.1. The average Bonchev–Trinajstić information content (AvgIpc) is 3.00. The number of aryl methyl sites for hydroxylation is 2. The minimum atomic E-state index is -0.329. The summed E-state index contributed by atoms with van der Waals surface area (Å²) < 4.78 is 5.32. The molecule has 5 heteroatoms. The van der Waals surface area contributed by atoms with Crippen molar-refractivity contribution in [1.82, 2.24) is 5.32 Å². The Kier molecular flexibility index (Phi) is 4.69. The lowest BCUT2D eigenvalue weighted by Gasteiger charge is -2.19. The van der Waals surface area contributed by atoms with Crippen LogP contribution in [0.1, 0.15) is 28.3 Å². The van der Waals surface area contributed by atoms with E-state index in [9.17, 15) is 9.59 Å². The molecule has 0 aliphatic carbocycles. The summed E-state index contributed by atoms with van der Waals surface area (Å²) in [4.78, 5) is 25.9. The van der Waals surface area contributed by atoms with Gasteiger partial charge in [-0.3, -0.25) is 9.59 Å². The van der Waals surface area contributed by atoms with Crippen molar-refractivity contribution in [3.63, 3.8) is 0 Å². The molecule has 1 aromatic carbocycles. The van der Waals surface area contributed by atoms with Crippen molar-refractivity contribution in [2.75, 3.05) is 24.5 Å². The molecule has 5 nitrogen and oxygen atoms in total. The molecule has 1 fully saturated rings. The third-order valence-corrected chi connectivity index (χ3v) is 4.32. The Morgan fingerprint density at radius 1 is 1.29 bits per heavy atom. The largest absolute Gasteiger partial charge is 0.456 e. The maximum Gasteiger partial charge on any atom is 0.287 e. The highest BCUT2D eigenvalue weighted by molar-refractivity contribution is 5.91. The second-order valence-electron chi connectivity index (χ2n) is 6.42. The maximum atomic E-state index is 12.1. The van der Waals surface area contributed by atoms with Gasteiger partial charge in [-0.05, 0) is 43.9 Å². The summed E-state index contributed by atoms with van der Waals surface area (Å²) in [7, 11) is 0. The zero-order valence-corrected chi connectivity index (χ0v) is 14.0. The number of nitrogens with one attached hydrogen (secondary N) is 1. The van der Waals surface area contributed by atoms with Crippen molar-refractivity contribution < 1.29 is 9.21 Å². The SMILES string of the molecule is Cc1cccc(N2CC[C@@H](CNC(=O)c3cc(=O)cc(C)o3)C2)c1. The number of carbonyl (C=O) groups is 1. The third kappa shape index (κ3) is 3.85. The Morgan fingerprint density at radius 2 is 2.12 bits per heavy atom.